The molecular weight excluding hydrogens is 860 g/mol. The molecule has 5 aliphatic heterocycles. The topological polar surface area (TPSA) is 405 Å². The van der Waals surface area contributed by atoms with E-state index in [0.717, 1.165) is 0 Å². The van der Waals surface area contributed by atoms with Gasteiger partial charge in [0.25, 0.3) is 0 Å². The van der Waals surface area contributed by atoms with Gasteiger partial charge in [-0.1, -0.05) is 0 Å². The third-order valence-electron chi connectivity index (χ3n) is 11.5. The second kappa shape index (κ2) is 21.7. The first-order valence-electron chi connectivity index (χ1n) is 20.1. The molecular formula is C37H58O26. The van der Waals surface area contributed by atoms with Crippen molar-refractivity contribution in [2.24, 2.45) is 0 Å². The van der Waals surface area contributed by atoms with E-state index in [1.807, 2.05) is 0 Å². The predicted molar refractivity (Wildman–Crippen MR) is 197 cm³/mol. The lowest BCUT2D eigenvalue weighted by atomic mass is 9.96. The van der Waals surface area contributed by atoms with Crippen LogP contribution >= 0.6 is 0 Å². The third kappa shape index (κ3) is 11.0. The Bertz CT molecular complexity index is 1550. The van der Waals surface area contributed by atoms with Gasteiger partial charge in [-0.15, -0.1) is 0 Å². The molecule has 0 aliphatic carbocycles. The highest BCUT2D eigenvalue weighted by molar-refractivity contribution is 5.31. The highest BCUT2D eigenvalue weighted by Gasteiger charge is 2.53. The van der Waals surface area contributed by atoms with Crippen molar-refractivity contribution in [2.45, 2.75) is 160 Å². The molecule has 63 heavy (non-hydrogen) atoms. The fourth-order valence-corrected chi connectivity index (χ4v) is 7.53. The Labute approximate surface area is 358 Å². The molecule has 5 saturated heterocycles. The molecule has 5 heterocycles. The van der Waals surface area contributed by atoms with E-state index >= 15 is 0 Å². The molecule has 0 saturated carbocycles. The van der Waals surface area contributed by atoms with Crippen molar-refractivity contribution in [1.82, 2.24) is 0 Å². The maximum Gasteiger partial charge on any atom is 0.229 e. The van der Waals surface area contributed by atoms with Crippen molar-refractivity contribution >= 4 is 0 Å². The van der Waals surface area contributed by atoms with Gasteiger partial charge in [0, 0.05) is 0 Å². The zero-order chi connectivity index (χ0) is 46.0. The van der Waals surface area contributed by atoms with Crippen LogP contribution in [0.5, 0.6) is 11.5 Å². The Morgan fingerprint density at radius 3 is 1.25 bits per heavy atom. The van der Waals surface area contributed by atoms with Crippen LogP contribution in [0.3, 0.4) is 0 Å². The first-order chi connectivity index (χ1) is 29.9. The van der Waals surface area contributed by atoms with E-state index < -0.39 is 180 Å². The van der Waals surface area contributed by atoms with Crippen molar-refractivity contribution < 1.29 is 129 Å². The zero-order valence-electron chi connectivity index (χ0n) is 33.8. The van der Waals surface area contributed by atoms with E-state index in [1.165, 1.54) is 26.2 Å². The van der Waals surface area contributed by atoms with Crippen LogP contribution < -0.4 is 9.47 Å². The van der Waals surface area contributed by atoms with Crippen LogP contribution in [0.2, 0.25) is 0 Å². The molecule has 0 aromatic heterocycles. The molecule has 15 N–H and O–H groups in total. The van der Waals surface area contributed by atoms with Gasteiger partial charge in [-0.2, -0.15) is 0 Å². The van der Waals surface area contributed by atoms with Crippen molar-refractivity contribution in [3.05, 3.63) is 24.3 Å². The van der Waals surface area contributed by atoms with Crippen LogP contribution in [-0.2, 0) is 42.6 Å². The molecule has 0 radical (unpaired) electrons. The lowest BCUT2D eigenvalue weighted by Crippen LogP contribution is -2.65. The second-order valence-corrected chi connectivity index (χ2v) is 15.8. The smallest absolute Gasteiger partial charge is 0.229 e. The third-order valence-corrected chi connectivity index (χ3v) is 11.5. The molecule has 1 aromatic carbocycles. The quantitative estimate of drug-likeness (QED) is 0.0777. The minimum absolute atomic E-state index is 0.213. The van der Waals surface area contributed by atoms with Crippen molar-refractivity contribution in [2.75, 3.05) is 33.5 Å². The largest absolute Gasteiger partial charge is 0.497 e. The van der Waals surface area contributed by atoms with E-state index in [1.54, 1.807) is 12.1 Å². The fourth-order valence-electron chi connectivity index (χ4n) is 7.53. The van der Waals surface area contributed by atoms with Crippen molar-refractivity contribution in [1.29, 1.82) is 0 Å². The van der Waals surface area contributed by atoms with Crippen LogP contribution in [0.4, 0.5) is 0 Å². The number of benzene rings is 1. The maximum absolute atomic E-state index is 11.1. The summed E-state index contributed by atoms with van der Waals surface area (Å²) in [6.07, 6.45) is -42.5. The van der Waals surface area contributed by atoms with Gasteiger partial charge in [-0.3, -0.25) is 0 Å². The lowest BCUT2D eigenvalue weighted by Gasteiger charge is -2.47. The van der Waals surface area contributed by atoms with Gasteiger partial charge in [-0.25, -0.2) is 0 Å². The van der Waals surface area contributed by atoms with Gasteiger partial charge in [0.2, 0.25) is 6.29 Å². The van der Waals surface area contributed by atoms with Gasteiger partial charge in [0.05, 0.1) is 39.6 Å². The Balaban J connectivity index is 1.03. The molecule has 0 spiro atoms. The standard InChI is InChI=1S/C37H58O26/c1-11-18(39)22(43)27(48)33(57-11)54-9-17-21(42)25(46)30(51)37(62-17)63-32-14(7-38)59-35(31(52)26(32)47)56-8-15-19(40)23(44)28(49)34(60-15)55-10-16-20(41)24(45)29(50)36(61-16)58-13-5-3-12(53-2)4-6-13/h3-6,11,14-52H,7-10H2,1-2H3/t11-,14+,15+,16+,17+,18+,19+,20+,21+,22+,23-,24-,25-,26+,27-,28+,29+,30+,31+,32+,33+,34+,35+,36+,37+/m0/s1. The average Bonchev–Trinajstić information content (AvgIpc) is 3.28. The fraction of sp³-hybridized carbons (Fsp3) is 0.838. The summed E-state index contributed by atoms with van der Waals surface area (Å²) >= 11 is 0. The maximum atomic E-state index is 11.1. The number of aliphatic hydroxyl groups excluding tert-OH is 15. The van der Waals surface area contributed by atoms with Gasteiger partial charge < -0.3 is 129 Å². The number of aliphatic hydroxyl groups is 15. The molecule has 362 valence electrons. The average molecular weight is 919 g/mol. The van der Waals surface area contributed by atoms with Crippen molar-refractivity contribution in [3.8, 4) is 11.5 Å². The lowest BCUT2D eigenvalue weighted by molar-refractivity contribution is -0.369. The van der Waals surface area contributed by atoms with Gasteiger partial charge in [-0.05, 0) is 31.2 Å². The van der Waals surface area contributed by atoms with E-state index in [4.69, 9.17) is 52.1 Å². The molecule has 0 amide bonds. The number of hydrogen-bond donors (Lipinski definition) is 15. The number of hydrogen-bond acceptors (Lipinski definition) is 26. The van der Waals surface area contributed by atoms with Gasteiger partial charge in [0.1, 0.15) is 127 Å². The highest BCUT2D eigenvalue weighted by Crippen LogP contribution is 2.33. The summed E-state index contributed by atoms with van der Waals surface area (Å²) in [5.74, 6) is 0.723. The van der Waals surface area contributed by atoms with Crippen LogP contribution in [0.25, 0.3) is 0 Å². The summed E-state index contributed by atoms with van der Waals surface area (Å²) in [7, 11) is 1.46. The SMILES string of the molecule is COc1ccc(O[C@@H]2O[C@H](CO[C@@H]3O[C@H](CO[C@@H]4O[C@H](CO)[C@@H](O[C@H]5O[C@H](CO[C@@H]6O[C@@H](C)[C@@H](O)[C@@H](O)[C@@H]6O)[C@@H](O)[C@H](O)[C@H]5O)[C@H](O)[C@H]4O)[C@@H](O)[C@H](O)[C@H]3O)[C@@H](O)[C@H](O)[C@H]2O)cc1. The summed E-state index contributed by atoms with van der Waals surface area (Å²) in [6.45, 7) is -1.49. The van der Waals surface area contributed by atoms with Gasteiger partial charge in [0.15, 0.2) is 25.2 Å². The molecule has 5 fully saturated rings. The first kappa shape index (κ1) is 50.3. The monoisotopic (exact) mass is 918 g/mol. The van der Waals surface area contributed by atoms with Crippen LogP contribution in [0.15, 0.2) is 24.3 Å². The minimum atomic E-state index is -2.00. The normalized spacial score (nSPS) is 48.4. The van der Waals surface area contributed by atoms with E-state index in [0.29, 0.717) is 5.75 Å². The van der Waals surface area contributed by atoms with Crippen LogP contribution in [0.1, 0.15) is 6.92 Å². The molecule has 6 rings (SSSR count). The molecule has 26 heteroatoms. The first-order valence-corrected chi connectivity index (χ1v) is 20.1. The Morgan fingerprint density at radius 2 is 0.778 bits per heavy atom. The Morgan fingerprint density at radius 1 is 0.413 bits per heavy atom. The molecule has 26 nitrogen and oxygen atoms in total. The highest BCUT2D eigenvalue weighted by atomic mass is 16.8. The Hall–Kier alpha value is -2.14. The molecule has 5 aliphatic rings. The second-order valence-electron chi connectivity index (χ2n) is 15.8. The molecule has 25 atom stereocenters. The summed E-state index contributed by atoms with van der Waals surface area (Å²) in [4.78, 5) is 0. The van der Waals surface area contributed by atoms with E-state index in [-0.39, 0.29) is 5.75 Å². The molecule has 0 bridgehead atoms. The van der Waals surface area contributed by atoms with E-state index in [9.17, 15) is 76.6 Å². The number of methoxy groups -OCH3 is 1. The number of ether oxygens (including phenoxy) is 11. The summed E-state index contributed by atoms with van der Waals surface area (Å²) < 4.78 is 60.8. The minimum Gasteiger partial charge on any atom is -0.497 e. The van der Waals surface area contributed by atoms with Crippen LogP contribution in [0, 0.1) is 0 Å². The summed E-state index contributed by atoms with van der Waals surface area (Å²) in [5, 5.41) is 158. The Kier molecular flexibility index (Phi) is 17.3. The molecule has 1 aromatic rings. The summed E-state index contributed by atoms with van der Waals surface area (Å²) in [5.41, 5.74) is 0. The molecule has 0 unspecified atom stereocenters. The zero-order valence-corrected chi connectivity index (χ0v) is 33.8. The predicted octanol–water partition coefficient (Wildman–Crippen LogP) is -8.80. The van der Waals surface area contributed by atoms with E-state index in [2.05, 4.69) is 0 Å². The van der Waals surface area contributed by atoms with Crippen LogP contribution in [-0.4, -0.2) is 264 Å². The van der Waals surface area contributed by atoms with Gasteiger partial charge >= 0.3 is 0 Å². The summed E-state index contributed by atoms with van der Waals surface area (Å²) in [6, 6.07) is 6.14. The van der Waals surface area contributed by atoms with Crippen molar-refractivity contribution in [3.63, 3.8) is 0 Å². The number of rotatable bonds is 15.